The highest BCUT2D eigenvalue weighted by molar-refractivity contribution is 6.30. The molecule has 1 N–H and O–H groups in total. The summed E-state index contributed by atoms with van der Waals surface area (Å²) in [6, 6.07) is 11.8. The zero-order valence-electron chi connectivity index (χ0n) is 24.8. The van der Waals surface area contributed by atoms with E-state index in [4.69, 9.17) is 21.1 Å². The molecule has 240 valence electrons. The van der Waals surface area contributed by atoms with Crippen LogP contribution in [-0.2, 0) is 30.9 Å². The first kappa shape index (κ1) is 31.6. The third kappa shape index (κ3) is 7.21. The van der Waals surface area contributed by atoms with Crippen LogP contribution in [0.4, 0.5) is 13.2 Å². The second-order valence-corrected chi connectivity index (χ2v) is 12.4. The number of aliphatic carboxylic acids is 1. The molecule has 2 aromatic heterocycles. The molecule has 1 saturated carbocycles. The van der Waals surface area contributed by atoms with Crippen LogP contribution in [0, 0.1) is 34.2 Å². The molecule has 0 amide bonds. The van der Waals surface area contributed by atoms with Gasteiger partial charge < -0.3 is 19.1 Å². The molecule has 1 aliphatic carbocycles. The number of nitriles is 1. The molecule has 9 nitrogen and oxygen atoms in total. The Morgan fingerprint density at radius 2 is 1.85 bits per heavy atom. The van der Waals surface area contributed by atoms with E-state index in [1.165, 1.54) is 30.3 Å². The van der Waals surface area contributed by atoms with E-state index >= 15 is 4.39 Å². The summed E-state index contributed by atoms with van der Waals surface area (Å²) in [5.41, 5.74) is 0.874. The average Bonchev–Trinajstić information content (AvgIpc) is 3.69. The van der Waals surface area contributed by atoms with Crippen LogP contribution in [0.2, 0.25) is 5.02 Å². The summed E-state index contributed by atoms with van der Waals surface area (Å²) in [6.07, 6.45) is 2.98. The second kappa shape index (κ2) is 13.2. The highest BCUT2D eigenvalue weighted by Gasteiger charge is 2.43. The Morgan fingerprint density at radius 1 is 1.07 bits per heavy atom. The summed E-state index contributed by atoms with van der Waals surface area (Å²) < 4.78 is 57.1. The van der Waals surface area contributed by atoms with Crippen LogP contribution in [0.1, 0.15) is 49.2 Å². The number of carbonyl (C=O) groups is 1. The van der Waals surface area contributed by atoms with Gasteiger partial charge in [0.2, 0.25) is 5.88 Å². The Morgan fingerprint density at radius 3 is 2.54 bits per heavy atom. The van der Waals surface area contributed by atoms with Crippen molar-refractivity contribution in [2.24, 2.45) is 5.41 Å². The number of imidazole rings is 1. The molecule has 13 heteroatoms. The van der Waals surface area contributed by atoms with E-state index in [1.54, 1.807) is 6.07 Å². The van der Waals surface area contributed by atoms with Crippen LogP contribution < -0.4 is 9.47 Å². The number of halogens is 4. The number of fused-ring (bicyclic) bond motifs is 1. The Kier molecular flexibility index (Phi) is 9.06. The molecule has 2 aliphatic rings. The fourth-order valence-corrected chi connectivity index (χ4v) is 6.01. The molecule has 6 rings (SSSR count). The molecule has 0 spiro atoms. The zero-order valence-corrected chi connectivity index (χ0v) is 25.6. The molecular formula is C33H31ClF3N5O4. The number of hydrogen-bond acceptors (Lipinski definition) is 7. The summed E-state index contributed by atoms with van der Waals surface area (Å²) in [5.74, 6) is -2.06. The molecule has 0 unspecified atom stereocenters. The van der Waals surface area contributed by atoms with Crippen LogP contribution in [0.25, 0.3) is 11.0 Å². The predicted octanol–water partition coefficient (Wildman–Crippen LogP) is 6.45. The number of piperidine rings is 1. The molecule has 4 aromatic rings. The van der Waals surface area contributed by atoms with Crippen LogP contribution in [0.5, 0.6) is 11.6 Å². The van der Waals surface area contributed by atoms with Crippen LogP contribution in [0.3, 0.4) is 0 Å². The van der Waals surface area contributed by atoms with Crippen molar-refractivity contribution < 1.29 is 32.5 Å². The first-order valence-electron chi connectivity index (χ1n) is 15.0. The van der Waals surface area contributed by atoms with E-state index < -0.39 is 23.4 Å². The molecule has 2 fully saturated rings. The van der Waals surface area contributed by atoms with Crippen molar-refractivity contribution in [1.29, 1.82) is 5.26 Å². The number of nitrogens with zero attached hydrogens (tertiary/aromatic N) is 5. The van der Waals surface area contributed by atoms with E-state index in [1.807, 2.05) is 4.57 Å². The fraction of sp³-hybridized carbons (Fsp3) is 0.394. The van der Waals surface area contributed by atoms with Gasteiger partial charge in [-0.3, -0.25) is 9.69 Å². The SMILES string of the molecule is N#CCC1(Cn2c(CN3CCC(Oc4ccc(F)c(COc5ccc(Cl)cc5F)n4)CC3)nc3c(F)cc(CC(=O)O)cc32)CC1. The van der Waals surface area contributed by atoms with Gasteiger partial charge in [0, 0.05) is 42.6 Å². The molecular weight excluding hydrogens is 623 g/mol. The van der Waals surface area contributed by atoms with Crippen molar-refractivity contribution in [2.45, 2.75) is 64.3 Å². The van der Waals surface area contributed by atoms with Crippen molar-refractivity contribution in [3.05, 3.63) is 82.0 Å². The van der Waals surface area contributed by atoms with E-state index in [0.717, 1.165) is 18.9 Å². The molecule has 1 saturated heterocycles. The van der Waals surface area contributed by atoms with Gasteiger partial charge in [0.05, 0.1) is 24.6 Å². The molecule has 0 radical (unpaired) electrons. The average molecular weight is 654 g/mol. The number of hydrogen-bond donors (Lipinski definition) is 1. The molecule has 3 heterocycles. The fourth-order valence-electron chi connectivity index (χ4n) is 5.85. The highest BCUT2D eigenvalue weighted by Crippen LogP contribution is 2.50. The third-order valence-electron chi connectivity index (χ3n) is 8.54. The number of pyridine rings is 1. The number of benzene rings is 2. The zero-order chi connectivity index (χ0) is 32.4. The lowest BCUT2D eigenvalue weighted by molar-refractivity contribution is -0.136. The smallest absolute Gasteiger partial charge is 0.307 e. The minimum absolute atomic E-state index is 0.0215. The van der Waals surface area contributed by atoms with Gasteiger partial charge in [-0.05, 0) is 67.6 Å². The van der Waals surface area contributed by atoms with Crippen LogP contribution in [0.15, 0.2) is 42.5 Å². The largest absolute Gasteiger partial charge is 0.484 e. The second-order valence-electron chi connectivity index (χ2n) is 12.0. The molecule has 1 aliphatic heterocycles. The normalized spacial score (nSPS) is 16.3. The van der Waals surface area contributed by atoms with Gasteiger partial charge in [0.15, 0.2) is 17.4 Å². The minimum atomic E-state index is -1.05. The van der Waals surface area contributed by atoms with Gasteiger partial charge in [-0.15, -0.1) is 0 Å². The van der Waals surface area contributed by atoms with E-state index in [2.05, 4.69) is 20.9 Å². The van der Waals surface area contributed by atoms with Crippen molar-refractivity contribution in [1.82, 2.24) is 19.4 Å². The lowest BCUT2D eigenvalue weighted by atomic mass is 10.0. The van der Waals surface area contributed by atoms with Gasteiger partial charge in [0.1, 0.15) is 35.6 Å². The predicted molar refractivity (Wildman–Crippen MR) is 162 cm³/mol. The first-order valence-corrected chi connectivity index (χ1v) is 15.4. The summed E-state index contributed by atoms with van der Waals surface area (Å²) >= 11 is 5.77. The maximum atomic E-state index is 15.1. The number of carboxylic acids is 1. The van der Waals surface area contributed by atoms with Crippen molar-refractivity contribution >= 4 is 28.6 Å². The van der Waals surface area contributed by atoms with Crippen LogP contribution in [-0.4, -0.2) is 49.7 Å². The van der Waals surface area contributed by atoms with Crippen molar-refractivity contribution in [3.8, 4) is 17.7 Å². The first-order chi connectivity index (χ1) is 22.1. The number of carboxylic acid groups (broad SMARTS) is 1. The van der Waals surface area contributed by atoms with E-state index in [9.17, 15) is 23.9 Å². The Hall–Kier alpha value is -4.34. The van der Waals surface area contributed by atoms with Gasteiger partial charge in [-0.25, -0.2) is 23.1 Å². The summed E-state index contributed by atoms with van der Waals surface area (Å²) in [6.45, 7) is 1.95. The topological polar surface area (TPSA) is 114 Å². The Balaban J connectivity index is 1.12. The lowest BCUT2D eigenvalue weighted by Crippen LogP contribution is -2.38. The highest BCUT2D eigenvalue weighted by atomic mass is 35.5. The number of rotatable bonds is 12. The van der Waals surface area contributed by atoms with Crippen LogP contribution >= 0.6 is 11.6 Å². The molecule has 0 atom stereocenters. The minimum Gasteiger partial charge on any atom is -0.484 e. The summed E-state index contributed by atoms with van der Waals surface area (Å²) in [5, 5.41) is 18.9. The standard InChI is InChI=1S/C33H31ClF3N5O4/c34-21-1-3-28(24(36)16-21)45-18-26-23(35)2-4-30(39-26)46-22-5-11-41(12-6-22)17-29-40-32-25(37)13-20(15-31(43)44)14-27(32)42(29)19-33(7-8-33)9-10-38/h1-4,13-14,16,22H,5-9,11-12,15,17-19H2,(H,43,44). The molecule has 0 bridgehead atoms. The number of aromatic nitrogens is 3. The van der Waals surface area contributed by atoms with Gasteiger partial charge in [-0.2, -0.15) is 5.26 Å². The van der Waals surface area contributed by atoms with Gasteiger partial charge in [-0.1, -0.05) is 11.6 Å². The maximum absolute atomic E-state index is 15.1. The lowest BCUT2D eigenvalue weighted by Gasteiger charge is -2.32. The number of likely N-dealkylation sites (tertiary alicyclic amines) is 1. The third-order valence-corrected chi connectivity index (χ3v) is 8.78. The van der Waals surface area contributed by atoms with Crippen molar-refractivity contribution in [2.75, 3.05) is 13.1 Å². The Labute approximate surface area is 268 Å². The van der Waals surface area contributed by atoms with E-state index in [0.29, 0.717) is 62.3 Å². The molecule has 46 heavy (non-hydrogen) atoms. The number of ether oxygens (including phenoxy) is 2. The summed E-state index contributed by atoms with van der Waals surface area (Å²) in [7, 11) is 0. The summed E-state index contributed by atoms with van der Waals surface area (Å²) in [4.78, 5) is 22.4. The quantitative estimate of drug-likeness (QED) is 0.186. The Bertz CT molecular complexity index is 1820. The monoisotopic (exact) mass is 653 g/mol. The molecule has 2 aromatic carbocycles. The van der Waals surface area contributed by atoms with Gasteiger partial charge >= 0.3 is 5.97 Å². The van der Waals surface area contributed by atoms with Crippen molar-refractivity contribution in [3.63, 3.8) is 0 Å². The van der Waals surface area contributed by atoms with E-state index in [-0.39, 0.29) is 52.4 Å². The van der Waals surface area contributed by atoms with Gasteiger partial charge in [0.25, 0.3) is 0 Å². The maximum Gasteiger partial charge on any atom is 0.307 e.